The predicted octanol–water partition coefficient (Wildman–Crippen LogP) is 3.71. The highest BCUT2D eigenvalue weighted by Gasteiger charge is 2.51. The molecular formula is C37H47NO12. The number of ether oxygens (including phenoxy) is 4. The summed E-state index contributed by atoms with van der Waals surface area (Å²) in [6, 6.07) is 0. The van der Waals surface area contributed by atoms with Crippen LogP contribution in [0.5, 0.6) is 11.5 Å². The lowest BCUT2D eigenvalue weighted by Crippen LogP contribution is -2.46. The average Bonchev–Trinajstić information content (AvgIpc) is 3.33. The second-order valence-electron chi connectivity index (χ2n) is 13.7. The zero-order valence-corrected chi connectivity index (χ0v) is 29.8. The number of hydrogen-bond donors (Lipinski definition) is 4. The van der Waals surface area contributed by atoms with Gasteiger partial charge in [-0.15, -0.1) is 0 Å². The molecule has 1 aromatic carbocycles. The molecule has 1 aromatic rings. The number of methoxy groups -OCH3 is 1. The van der Waals surface area contributed by atoms with Crippen LogP contribution in [0.3, 0.4) is 0 Å². The van der Waals surface area contributed by atoms with Gasteiger partial charge in [0.2, 0.25) is 11.7 Å². The number of aromatic hydroxyl groups is 1. The first-order valence-corrected chi connectivity index (χ1v) is 16.7. The number of benzene rings is 1. The fourth-order valence-electron chi connectivity index (χ4n) is 6.81. The number of nitrogens with one attached hydrogen (secondary N) is 1. The van der Waals surface area contributed by atoms with Crippen molar-refractivity contribution in [2.75, 3.05) is 7.11 Å². The Morgan fingerprint density at radius 2 is 1.62 bits per heavy atom. The number of carbonyl (C=O) groups is 5. The molecule has 0 fully saturated rings. The third kappa shape index (κ3) is 7.12. The van der Waals surface area contributed by atoms with Crippen molar-refractivity contribution in [3.05, 3.63) is 58.5 Å². The molecule has 10 atom stereocenters. The molecule has 272 valence electrons. The van der Waals surface area contributed by atoms with Gasteiger partial charge in [-0.2, -0.15) is 0 Å². The van der Waals surface area contributed by atoms with Crippen LogP contribution in [-0.4, -0.2) is 81.9 Å². The van der Waals surface area contributed by atoms with E-state index in [2.05, 4.69) is 5.32 Å². The maximum Gasteiger partial charge on any atom is 0.312 e. The number of rotatable bonds is 2. The monoisotopic (exact) mass is 697 g/mol. The lowest BCUT2D eigenvalue weighted by Gasteiger charge is -2.38. The van der Waals surface area contributed by atoms with E-state index < -0.39 is 100 Å². The summed E-state index contributed by atoms with van der Waals surface area (Å²) in [4.78, 5) is 66.3. The number of esters is 1. The molecule has 13 heteroatoms. The maximum absolute atomic E-state index is 13.9. The van der Waals surface area contributed by atoms with Crippen LogP contribution in [0.25, 0.3) is 0 Å². The topological polar surface area (TPSA) is 195 Å². The van der Waals surface area contributed by atoms with E-state index in [0.29, 0.717) is 0 Å². The van der Waals surface area contributed by atoms with Gasteiger partial charge in [0.25, 0.3) is 5.78 Å². The van der Waals surface area contributed by atoms with Crippen molar-refractivity contribution in [2.45, 2.75) is 92.0 Å². The summed E-state index contributed by atoms with van der Waals surface area (Å²) in [5, 5.41) is 36.2. The minimum absolute atomic E-state index is 0.0202. The number of amides is 1. The molecule has 0 radical (unpaired) electrons. The molecule has 3 heterocycles. The normalized spacial score (nSPS) is 35.0. The molecule has 1 aliphatic carbocycles. The number of aliphatic hydroxyl groups is 2. The molecular weight excluding hydrogens is 650 g/mol. The van der Waals surface area contributed by atoms with Crippen LogP contribution in [-0.2, 0) is 23.8 Å². The second-order valence-corrected chi connectivity index (χ2v) is 13.7. The van der Waals surface area contributed by atoms with Crippen LogP contribution in [0.15, 0.2) is 36.3 Å². The Morgan fingerprint density at radius 3 is 2.24 bits per heavy atom. The second kappa shape index (κ2) is 14.9. The van der Waals surface area contributed by atoms with Gasteiger partial charge in [-0.25, -0.2) is 0 Å². The van der Waals surface area contributed by atoms with Crippen LogP contribution < -0.4 is 10.1 Å². The molecule has 0 aromatic heterocycles. The predicted molar refractivity (Wildman–Crippen MR) is 179 cm³/mol. The first-order valence-electron chi connectivity index (χ1n) is 16.7. The Balaban J connectivity index is 1.80. The van der Waals surface area contributed by atoms with E-state index in [1.807, 2.05) is 0 Å². The largest absolute Gasteiger partial charge is 0.507 e. The van der Waals surface area contributed by atoms with E-state index in [1.54, 1.807) is 46.8 Å². The van der Waals surface area contributed by atoms with Crippen LogP contribution in [0.2, 0.25) is 0 Å². The summed E-state index contributed by atoms with van der Waals surface area (Å²) in [5.41, 5.74) is -1.36. The lowest BCUT2D eigenvalue weighted by molar-refractivity contribution is -0.160. The molecule has 4 N–H and O–H groups in total. The Labute approximate surface area is 291 Å². The Morgan fingerprint density at radius 1 is 0.960 bits per heavy atom. The Kier molecular flexibility index (Phi) is 11.4. The Hall–Kier alpha value is -4.33. The molecule has 0 spiro atoms. The number of aliphatic hydroxyl groups excluding tert-OH is 2. The summed E-state index contributed by atoms with van der Waals surface area (Å²) in [5.74, 6) is -9.35. The van der Waals surface area contributed by atoms with Crippen molar-refractivity contribution in [1.29, 1.82) is 0 Å². The number of fused-ring (bicyclic) bond motifs is 15. The minimum atomic E-state index is -2.02. The van der Waals surface area contributed by atoms with Crippen molar-refractivity contribution >= 4 is 29.2 Å². The summed E-state index contributed by atoms with van der Waals surface area (Å²) >= 11 is 0. The third-order valence-corrected chi connectivity index (χ3v) is 10.1. The van der Waals surface area contributed by atoms with E-state index in [-0.39, 0.29) is 34.6 Å². The van der Waals surface area contributed by atoms with E-state index in [9.17, 15) is 39.3 Å². The van der Waals surface area contributed by atoms with Gasteiger partial charge in [0, 0.05) is 62.2 Å². The number of hydrogen-bond acceptors (Lipinski definition) is 12. The third-order valence-electron chi connectivity index (χ3n) is 10.1. The first-order chi connectivity index (χ1) is 23.4. The average molecular weight is 698 g/mol. The van der Waals surface area contributed by atoms with Crippen molar-refractivity contribution in [3.63, 3.8) is 0 Å². The van der Waals surface area contributed by atoms with E-state index in [0.717, 1.165) is 6.08 Å². The number of carbonyl (C=O) groups excluding carboxylic acids is 5. The van der Waals surface area contributed by atoms with Crippen LogP contribution in [0.1, 0.15) is 91.5 Å². The maximum atomic E-state index is 13.9. The van der Waals surface area contributed by atoms with Gasteiger partial charge in [-0.1, -0.05) is 46.8 Å². The van der Waals surface area contributed by atoms with Gasteiger partial charge in [0.15, 0.2) is 5.78 Å². The number of Topliss-reactive ketones (excluding diaryl/α,β-unsaturated/α-hetero) is 2. The van der Waals surface area contributed by atoms with Gasteiger partial charge in [0.05, 0.1) is 47.0 Å². The fourth-order valence-corrected chi connectivity index (χ4v) is 6.81. The van der Waals surface area contributed by atoms with E-state index in [4.69, 9.17) is 18.9 Å². The number of ketones is 3. The molecule has 3 aliphatic heterocycles. The lowest BCUT2D eigenvalue weighted by atomic mass is 9.78. The number of allylic oxidation sites excluding steroid dienone is 3. The van der Waals surface area contributed by atoms with Gasteiger partial charge < -0.3 is 39.6 Å². The highest BCUT2D eigenvalue weighted by Crippen LogP contribution is 2.48. The molecule has 1 amide bonds. The molecule has 5 bridgehead atoms. The highest BCUT2D eigenvalue weighted by molar-refractivity contribution is 6.30. The highest BCUT2D eigenvalue weighted by atomic mass is 16.7. The van der Waals surface area contributed by atoms with Crippen molar-refractivity contribution in [2.24, 2.45) is 29.6 Å². The SMILES string of the molecule is CO[C@H]1/C=C/O[C@@]2(C)Oc3c(C)c(O)c4c(c3C2=O)C(=O)C=C(NC(=O)[C@@H](C)C/C=C/[C@H](C)[C@H](O)[C@@H](C)[C@@H](O)[C@@H](C)[C@H](OC(C)=O)[C@@H]1C)C4=O. The number of phenolic OH excluding ortho intramolecular Hbond substituents is 1. The molecule has 0 saturated carbocycles. The fraction of sp³-hybridized carbons (Fsp3) is 0.541. The van der Waals surface area contributed by atoms with Gasteiger partial charge in [-0.05, 0) is 19.4 Å². The quantitative estimate of drug-likeness (QED) is 0.259. The molecule has 0 saturated heterocycles. The summed E-state index contributed by atoms with van der Waals surface area (Å²) in [6.07, 6.45) is 3.41. The molecule has 5 rings (SSSR count). The van der Waals surface area contributed by atoms with Gasteiger partial charge in [-0.3, -0.25) is 24.0 Å². The Bertz CT molecular complexity index is 1660. The van der Waals surface area contributed by atoms with Crippen LogP contribution in [0.4, 0.5) is 0 Å². The first kappa shape index (κ1) is 38.5. The van der Waals surface area contributed by atoms with Gasteiger partial charge >= 0.3 is 11.8 Å². The zero-order valence-electron chi connectivity index (χ0n) is 29.8. The smallest absolute Gasteiger partial charge is 0.312 e. The van der Waals surface area contributed by atoms with Crippen molar-refractivity contribution in [3.8, 4) is 11.5 Å². The number of phenols is 1. The minimum Gasteiger partial charge on any atom is -0.507 e. The summed E-state index contributed by atoms with van der Waals surface area (Å²) in [7, 11) is 1.42. The molecule has 13 nitrogen and oxygen atoms in total. The van der Waals surface area contributed by atoms with Gasteiger partial charge in [0.1, 0.15) is 17.6 Å². The van der Waals surface area contributed by atoms with E-state index in [1.165, 1.54) is 40.2 Å². The van der Waals surface area contributed by atoms with E-state index >= 15 is 0 Å². The van der Waals surface area contributed by atoms with Crippen molar-refractivity contribution in [1.82, 2.24) is 5.32 Å². The van der Waals surface area contributed by atoms with Crippen LogP contribution in [0, 0.1) is 36.5 Å². The molecule has 0 unspecified atom stereocenters. The van der Waals surface area contributed by atoms with Crippen LogP contribution >= 0.6 is 0 Å². The standard InChI is InChI=1S/C37H47NO12/c1-16-11-10-12-17(2)36(46)38-23-15-24(40)26-27(32(23)44)31(43)21(6)34-28(26)35(45)37(8,50-34)48-14-13-25(47-9)18(3)33(49-22(7)39)20(5)30(42)19(4)29(16)41/h10-11,13-20,25,29-30,33,41-43H,12H2,1-9H3,(H,38,46)/b11-10+,14-13+/t16-,17-,18+,19+,20+,25-,29-,30+,33+,37-/m0/s1. The van der Waals surface area contributed by atoms with Crippen molar-refractivity contribution < 1.29 is 58.2 Å². The molecule has 50 heavy (non-hydrogen) atoms. The molecule has 4 aliphatic rings. The summed E-state index contributed by atoms with van der Waals surface area (Å²) < 4.78 is 23.1. The summed E-state index contributed by atoms with van der Waals surface area (Å²) in [6.45, 7) is 12.5. The zero-order chi connectivity index (χ0) is 37.4.